The van der Waals surface area contributed by atoms with Crippen molar-refractivity contribution in [1.29, 1.82) is 0 Å². The number of amides is 2. The molecule has 12 heteroatoms. The first-order chi connectivity index (χ1) is 16.2. The highest BCUT2D eigenvalue weighted by Gasteiger charge is 2.43. The minimum absolute atomic E-state index is 0.000364. The Kier molecular flexibility index (Phi) is 8.80. The Bertz CT molecular complexity index is 841. The fourth-order valence-corrected chi connectivity index (χ4v) is 4.28. The molecule has 0 unspecified atom stereocenters. The van der Waals surface area contributed by atoms with E-state index in [0.717, 1.165) is 30.3 Å². The number of nitrogens with zero attached hydrogens (tertiary/aromatic N) is 3. The second-order valence-corrected chi connectivity index (χ2v) is 8.74. The molecule has 1 aromatic heterocycles. The molecule has 34 heavy (non-hydrogen) atoms. The lowest BCUT2D eigenvalue weighted by Crippen LogP contribution is -2.46. The molecular formula is C22H33F3N4O5. The van der Waals surface area contributed by atoms with E-state index in [0.29, 0.717) is 13.0 Å². The van der Waals surface area contributed by atoms with E-state index < -0.39 is 30.2 Å². The van der Waals surface area contributed by atoms with Crippen molar-refractivity contribution in [3.8, 4) is 0 Å². The summed E-state index contributed by atoms with van der Waals surface area (Å²) in [6.45, 7) is 2.26. The molecule has 1 aliphatic heterocycles. The van der Waals surface area contributed by atoms with Gasteiger partial charge in [-0.1, -0.05) is 0 Å². The van der Waals surface area contributed by atoms with Gasteiger partial charge in [0.25, 0.3) is 5.91 Å². The first kappa shape index (κ1) is 26.3. The summed E-state index contributed by atoms with van der Waals surface area (Å²) in [5, 5.41) is 2.44. The summed E-state index contributed by atoms with van der Waals surface area (Å²) in [6.07, 6.45) is -0.686. The van der Waals surface area contributed by atoms with Crippen molar-refractivity contribution in [2.24, 2.45) is 0 Å². The highest BCUT2D eigenvalue weighted by Crippen LogP contribution is 2.37. The van der Waals surface area contributed by atoms with Crippen LogP contribution in [0.4, 0.5) is 18.0 Å². The van der Waals surface area contributed by atoms with Crippen molar-refractivity contribution < 1.29 is 37.0 Å². The molecule has 2 fully saturated rings. The maximum atomic E-state index is 13.7. The first-order valence-electron chi connectivity index (χ1n) is 11.6. The predicted octanol–water partition coefficient (Wildman–Crippen LogP) is 3.28. The Morgan fingerprint density at radius 2 is 2.03 bits per heavy atom. The largest absolute Gasteiger partial charge is 0.453 e. The molecule has 0 radical (unpaired) electrons. The van der Waals surface area contributed by atoms with Crippen LogP contribution < -0.4 is 5.32 Å². The maximum Gasteiger partial charge on any atom is 0.449 e. The number of nitrogens with one attached hydrogen (secondary N) is 1. The van der Waals surface area contributed by atoms with E-state index in [4.69, 9.17) is 9.47 Å². The Balaban J connectivity index is 1.75. The molecule has 2 amide bonds. The smallest absolute Gasteiger partial charge is 0.449 e. The van der Waals surface area contributed by atoms with E-state index in [9.17, 15) is 22.8 Å². The fraction of sp³-hybridized carbons (Fsp3) is 0.773. The number of ether oxygens (including phenoxy) is 3. The monoisotopic (exact) mass is 490 g/mol. The Hall–Kier alpha value is -2.34. The molecule has 2 heterocycles. The summed E-state index contributed by atoms with van der Waals surface area (Å²) < 4.78 is 57.6. The number of carbonyl (C=O) groups is 2. The van der Waals surface area contributed by atoms with Gasteiger partial charge in [0, 0.05) is 32.4 Å². The maximum absolute atomic E-state index is 13.7. The lowest BCUT2D eigenvalue weighted by molar-refractivity contribution is -0.158. The number of hydrogen-bond donors (Lipinski definition) is 1. The Labute approximate surface area is 196 Å². The van der Waals surface area contributed by atoms with E-state index >= 15 is 0 Å². The zero-order chi connectivity index (χ0) is 24.9. The van der Waals surface area contributed by atoms with Crippen molar-refractivity contribution in [3.05, 3.63) is 17.7 Å². The van der Waals surface area contributed by atoms with Crippen molar-refractivity contribution in [2.75, 3.05) is 27.4 Å². The summed E-state index contributed by atoms with van der Waals surface area (Å²) in [7, 11) is 2.79. The summed E-state index contributed by atoms with van der Waals surface area (Å²) in [4.78, 5) is 30.1. The minimum atomic E-state index is -4.65. The molecule has 1 aliphatic carbocycles. The summed E-state index contributed by atoms with van der Waals surface area (Å²) in [5.41, 5.74) is 0.178. The topological polar surface area (TPSA) is 94.9 Å². The lowest BCUT2D eigenvalue weighted by Gasteiger charge is -2.35. The third-order valence-corrected chi connectivity index (χ3v) is 6.10. The van der Waals surface area contributed by atoms with E-state index in [-0.39, 0.29) is 43.3 Å². The third kappa shape index (κ3) is 6.62. The van der Waals surface area contributed by atoms with E-state index in [1.807, 2.05) is 0 Å². The number of halogens is 3. The van der Waals surface area contributed by atoms with Crippen LogP contribution in [0.1, 0.15) is 63.0 Å². The molecule has 1 saturated heterocycles. The molecule has 0 aromatic carbocycles. The van der Waals surface area contributed by atoms with E-state index in [1.54, 1.807) is 18.9 Å². The van der Waals surface area contributed by atoms with Crippen LogP contribution in [0.2, 0.25) is 0 Å². The molecule has 0 bridgehead atoms. The normalized spacial score (nSPS) is 21.7. The van der Waals surface area contributed by atoms with Gasteiger partial charge in [-0.15, -0.1) is 0 Å². The number of rotatable bonds is 10. The fourth-order valence-electron chi connectivity index (χ4n) is 4.28. The zero-order valence-electron chi connectivity index (χ0n) is 19.8. The van der Waals surface area contributed by atoms with Crippen LogP contribution in [0.5, 0.6) is 0 Å². The molecule has 9 nitrogen and oxygen atoms in total. The van der Waals surface area contributed by atoms with Crippen molar-refractivity contribution >= 4 is 12.0 Å². The molecule has 1 aromatic rings. The second kappa shape index (κ2) is 11.4. The van der Waals surface area contributed by atoms with Gasteiger partial charge < -0.3 is 29.0 Å². The summed E-state index contributed by atoms with van der Waals surface area (Å²) in [6, 6.07) is -0.667. The molecule has 3 atom stereocenters. The molecule has 1 saturated carbocycles. The van der Waals surface area contributed by atoms with Gasteiger partial charge in [-0.3, -0.25) is 4.79 Å². The van der Waals surface area contributed by atoms with Gasteiger partial charge in [0.2, 0.25) is 5.82 Å². The summed E-state index contributed by atoms with van der Waals surface area (Å²) >= 11 is 0. The number of methoxy groups -OCH3 is 2. The average Bonchev–Trinajstić information content (AvgIpc) is 3.53. The highest BCUT2D eigenvalue weighted by atomic mass is 19.4. The number of aromatic nitrogens is 2. The van der Waals surface area contributed by atoms with Crippen molar-refractivity contribution in [1.82, 2.24) is 19.8 Å². The van der Waals surface area contributed by atoms with Crippen LogP contribution >= 0.6 is 0 Å². The number of aryl methyl sites for hydroxylation is 1. The number of imidazole rings is 1. The molecule has 192 valence electrons. The Morgan fingerprint density at radius 1 is 1.29 bits per heavy atom. The molecule has 3 rings (SSSR count). The summed E-state index contributed by atoms with van der Waals surface area (Å²) in [5.74, 6) is -1.23. The molecule has 1 N–H and O–H groups in total. The first-order valence-corrected chi connectivity index (χ1v) is 11.6. The Morgan fingerprint density at radius 3 is 2.65 bits per heavy atom. The number of alkyl halides is 3. The van der Waals surface area contributed by atoms with Crippen LogP contribution in [0.15, 0.2) is 6.20 Å². The van der Waals surface area contributed by atoms with E-state index in [2.05, 4.69) is 15.0 Å². The number of hydrogen-bond acceptors (Lipinski definition) is 6. The predicted molar refractivity (Wildman–Crippen MR) is 115 cm³/mol. The van der Waals surface area contributed by atoms with Crippen molar-refractivity contribution in [2.45, 2.75) is 82.5 Å². The van der Waals surface area contributed by atoms with Crippen LogP contribution in [0, 0.1) is 0 Å². The van der Waals surface area contributed by atoms with Gasteiger partial charge >= 0.3 is 12.3 Å². The standard InChI is InChI=1S/C22H33F3N4O5/c1-14(29(15-8-9-15)19(30)18-7-4-6-16(34-18)13-32-2)17-12-28(20(27-17)22(23,24)25)11-5-10-26-21(31)33-3/h12,14-16,18H,4-11,13H2,1-3H3,(H,26,31)/t14-,16+,18-/m1/s1. The van der Waals surface area contributed by atoms with Gasteiger partial charge in [0.1, 0.15) is 6.10 Å². The van der Waals surface area contributed by atoms with Gasteiger partial charge in [-0.2, -0.15) is 13.2 Å². The zero-order valence-corrected chi connectivity index (χ0v) is 19.8. The van der Waals surface area contributed by atoms with Gasteiger partial charge in [0.05, 0.1) is 31.6 Å². The van der Waals surface area contributed by atoms with Gasteiger partial charge in [0.15, 0.2) is 0 Å². The number of carbonyl (C=O) groups excluding carboxylic acids is 2. The third-order valence-electron chi connectivity index (χ3n) is 6.10. The molecular weight excluding hydrogens is 457 g/mol. The second-order valence-electron chi connectivity index (χ2n) is 8.74. The lowest BCUT2D eigenvalue weighted by atomic mass is 10.0. The van der Waals surface area contributed by atoms with E-state index in [1.165, 1.54) is 13.3 Å². The average molecular weight is 491 g/mol. The van der Waals surface area contributed by atoms with Crippen LogP contribution in [0.25, 0.3) is 0 Å². The van der Waals surface area contributed by atoms with Crippen molar-refractivity contribution in [3.63, 3.8) is 0 Å². The number of alkyl carbamates (subject to hydrolysis) is 1. The van der Waals surface area contributed by atoms with Crippen LogP contribution in [-0.2, 0) is 31.7 Å². The van der Waals surface area contributed by atoms with Crippen LogP contribution in [0.3, 0.4) is 0 Å². The van der Waals surface area contributed by atoms with Crippen LogP contribution in [-0.4, -0.2) is 72.1 Å². The van der Waals surface area contributed by atoms with Gasteiger partial charge in [-0.05, 0) is 45.4 Å². The van der Waals surface area contributed by atoms with Gasteiger partial charge in [-0.25, -0.2) is 9.78 Å². The minimum Gasteiger partial charge on any atom is -0.453 e. The molecule has 0 spiro atoms. The SMILES string of the molecule is COC[C@@H]1CCC[C@H](C(=O)N(C2CC2)[C@H](C)c2cn(CCCNC(=O)OC)c(C(F)(F)F)n2)O1. The quantitative estimate of drug-likeness (QED) is 0.506. The highest BCUT2D eigenvalue weighted by molar-refractivity contribution is 5.82. The molecule has 2 aliphatic rings.